The van der Waals surface area contributed by atoms with Crippen LogP contribution in [0.3, 0.4) is 0 Å². The fraction of sp³-hybridized carbons (Fsp3) is 0.500. The molecule has 6 rings (SSSR count). The molecule has 2 atom stereocenters. The van der Waals surface area contributed by atoms with E-state index in [1.165, 1.54) is 44.9 Å². The van der Waals surface area contributed by atoms with Gasteiger partial charge in [-0.25, -0.2) is 0 Å². The smallest absolute Gasteiger partial charge is 0.238 e. The molecule has 6 nitrogen and oxygen atoms in total. The van der Waals surface area contributed by atoms with Gasteiger partial charge in [-0.2, -0.15) is 0 Å². The maximum atomic E-state index is 13.0. The lowest BCUT2D eigenvalue weighted by Gasteiger charge is -2.22. The van der Waals surface area contributed by atoms with Crippen LogP contribution in [-0.2, 0) is 4.79 Å². The molecule has 3 fully saturated rings. The molecule has 2 saturated carbocycles. The van der Waals surface area contributed by atoms with Crippen molar-refractivity contribution in [3.05, 3.63) is 64.7 Å². The summed E-state index contributed by atoms with van der Waals surface area (Å²) in [5.41, 5.74) is 2.18. The summed E-state index contributed by atoms with van der Waals surface area (Å²) in [4.78, 5) is 43.3. The number of carbonyl (C=O) groups is 3. The summed E-state index contributed by atoms with van der Waals surface area (Å²) in [5.74, 6) is 2.34. The SMILES string of the molecule is O=C(CN1CCN(C[C@H]2CCC(C3CCCC3)C2)C1)Nc1ccc2c(c1)C(=O)c1ccccc1C2=O. The van der Waals surface area contributed by atoms with Crippen molar-refractivity contribution in [2.45, 2.75) is 44.9 Å². The number of nitrogens with one attached hydrogen (secondary N) is 1. The summed E-state index contributed by atoms with van der Waals surface area (Å²) in [7, 11) is 0. The van der Waals surface area contributed by atoms with E-state index in [2.05, 4.69) is 15.1 Å². The molecule has 0 bridgehead atoms. The third kappa shape index (κ3) is 4.64. The molecule has 1 amide bonds. The van der Waals surface area contributed by atoms with Crippen LogP contribution in [0.4, 0.5) is 5.69 Å². The Hall–Kier alpha value is -2.83. The minimum absolute atomic E-state index is 0.0889. The van der Waals surface area contributed by atoms with Crippen molar-refractivity contribution < 1.29 is 14.4 Å². The highest BCUT2D eigenvalue weighted by molar-refractivity contribution is 6.28. The Balaban J connectivity index is 1.01. The van der Waals surface area contributed by atoms with Gasteiger partial charge >= 0.3 is 0 Å². The van der Waals surface area contributed by atoms with E-state index in [1.807, 2.05) is 0 Å². The molecule has 6 heteroatoms. The van der Waals surface area contributed by atoms with Gasteiger partial charge in [0.05, 0.1) is 13.2 Å². The summed E-state index contributed by atoms with van der Waals surface area (Å²) in [5, 5.41) is 2.94. The summed E-state index contributed by atoms with van der Waals surface area (Å²) in [6.07, 6.45) is 9.94. The van der Waals surface area contributed by atoms with Crippen molar-refractivity contribution >= 4 is 23.2 Å². The highest BCUT2D eigenvalue weighted by Crippen LogP contribution is 2.43. The van der Waals surface area contributed by atoms with E-state index in [-0.39, 0.29) is 17.5 Å². The van der Waals surface area contributed by atoms with Gasteiger partial charge in [-0.1, -0.05) is 49.9 Å². The van der Waals surface area contributed by atoms with Gasteiger partial charge in [0.15, 0.2) is 11.6 Å². The van der Waals surface area contributed by atoms with Gasteiger partial charge in [0.2, 0.25) is 5.91 Å². The molecule has 2 aromatic carbocycles. The number of amides is 1. The predicted molar refractivity (Wildman–Crippen MR) is 139 cm³/mol. The summed E-state index contributed by atoms with van der Waals surface area (Å²) < 4.78 is 0. The first kappa shape index (κ1) is 23.6. The van der Waals surface area contributed by atoms with E-state index in [1.54, 1.807) is 42.5 Å². The first-order valence-corrected chi connectivity index (χ1v) is 13.6. The van der Waals surface area contributed by atoms with E-state index >= 15 is 0 Å². The van der Waals surface area contributed by atoms with Crippen molar-refractivity contribution in [1.29, 1.82) is 0 Å². The van der Waals surface area contributed by atoms with Gasteiger partial charge in [-0.05, 0) is 55.2 Å². The van der Waals surface area contributed by atoms with Gasteiger partial charge in [-0.15, -0.1) is 0 Å². The third-order valence-electron chi connectivity index (χ3n) is 8.87. The van der Waals surface area contributed by atoms with Crippen molar-refractivity contribution in [2.24, 2.45) is 17.8 Å². The van der Waals surface area contributed by atoms with Gasteiger partial charge in [0.25, 0.3) is 0 Å². The molecule has 188 valence electrons. The third-order valence-corrected chi connectivity index (χ3v) is 8.87. The number of ketones is 2. The van der Waals surface area contributed by atoms with Crippen LogP contribution in [0.15, 0.2) is 42.5 Å². The molecule has 0 spiro atoms. The van der Waals surface area contributed by atoms with Crippen LogP contribution in [-0.4, -0.2) is 60.1 Å². The van der Waals surface area contributed by atoms with E-state index in [0.29, 0.717) is 34.5 Å². The molecular weight excluding hydrogens is 450 g/mol. The van der Waals surface area contributed by atoms with Crippen LogP contribution >= 0.6 is 0 Å². The molecule has 2 aromatic rings. The van der Waals surface area contributed by atoms with E-state index < -0.39 is 0 Å². The lowest BCUT2D eigenvalue weighted by atomic mass is 9.84. The molecule has 0 aromatic heterocycles. The Bertz CT molecular complexity index is 1190. The van der Waals surface area contributed by atoms with Crippen molar-refractivity contribution in [2.75, 3.05) is 38.2 Å². The molecule has 1 aliphatic heterocycles. The lowest BCUT2D eigenvalue weighted by molar-refractivity contribution is -0.117. The summed E-state index contributed by atoms with van der Waals surface area (Å²) >= 11 is 0. The number of carbonyl (C=O) groups excluding carboxylic acids is 3. The molecule has 1 N–H and O–H groups in total. The molecule has 4 aliphatic rings. The molecule has 1 unspecified atom stereocenters. The van der Waals surface area contributed by atoms with Crippen LogP contribution in [0.25, 0.3) is 0 Å². The Morgan fingerprint density at radius 3 is 2.28 bits per heavy atom. The summed E-state index contributed by atoms with van der Waals surface area (Å²) in [6.45, 7) is 4.25. The highest BCUT2D eigenvalue weighted by atomic mass is 16.2. The Labute approximate surface area is 213 Å². The second kappa shape index (κ2) is 9.91. The number of benzene rings is 2. The largest absolute Gasteiger partial charge is 0.325 e. The normalized spacial score (nSPS) is 24.8. The van der Waals surface area contributed by atoms with E-state index in [4.69, 9.17) is 0 Å². The molecule has 3 aliphatic carbocycles. The minimum Gasteiger partial charge on any atom is -0.325 e. The minimum atomic E-state index is -0.173. The monoisotopic (exact) mass is 485 g/mol. The maximum absolute atomic E-state index is 13.0. The molecule has 1 saturated heterocycles. The molecule has 0 radical (unpaired) electrons. The Morgan fingerprint density at radius 1 is 0.806 bits per heavy atom. The zero-order valence-corrected chi connectivity index (χ0v) is 20.9. The highest BCUT2D eigenvalue weighted by Gasteiger charge is 2.34. The molecular formula is C30H35N3O3. The van der Waals surface area contributed by atoms with Crippen LogP contribution < -0.4 is 5.32 Å². The second-order valence-electron chi connectivity index (χ2n) is 11.3. The van der Waals surface area contributed by atoms with E-state index in [9.17, 15) is 14.4 Å². The topological polar surface area (TPSA) is 69.7 Å². The zero-order chi connectivity index (χ0) is 24.6. The lowest BCUT2D eigenvalue weighted by Crippen LogP contribution is -2.34. The number of hydrogen-bond acceptors (Lipinski definition) is 5. The van der Waals surface area contributed by atoms with Gasteiger partial charge in [0.1, 0.15) is 0 Å². The number of anilines is 1. The Morgan fingerprint density at radius 2 is 1.50 bits per heavy atom. The fourth-order valence-electron chi connectivity index (χ4n) is 7.07. The van der Waals surface area contributed by atoms with Gasteiger partial charge < -0.3 is 5.32 Å². The number of fused-ring (bicyclic) bond motifs is 2. The fourth-order valence-corrected chi connectivity index (χ4v) is 7.07. The second-order valence-corrected chi connectivity index (χ2v) is 11.3. The predicted octanol–water partition coefficient (Wildman–Crippen LogP) is 4.58. The number of nitrogens with zero attached hydrogens (tertiary/aromatic N) is 2. The average Bonchev–Trinajstić information content (AvgIpc) is 3.65. The quantitative estimate of drug-likeness (QED) is 0.553. The Kier molecular flexibility index (Phi) is 6.48. The van der Waals surface area contributed by atoms with E-state index in [0.717, 1.165) is 44.1 Å². The van der Waals surface area contributed by atoms with Crippen molar-refractivity contribution in [3.63, 3.8) is 0 Å². The van der Waals surface area contributed by atoms with Crippen LogP contribution in [0.5, 0.6) is 0 Å². The first-order valence-electron chi connectivity index (χ1n) is 13.6. The van der Waals surface area contributed by atoms with Crippen LogP contribution in [0.2, 0.25) is 0 Å². The summed E-state index contributed by atoms with van der Waals surface area (Å²) in [6, 6.07) is 11.9. The van der Waals surface area contributed by atoms with Crippen LogP contribution in [0, 0.1) is 17.8 Å². The maximum Gasteiger partial charge on any atom is 0.238 e. The number of hydrogen-bond donors (Lipinski definition) is 1. The van der Waals surface area contributed by atoms with Crippen molar-refractivity contribution in [1.82, 2.24) is 9.80 Å². The van der Waals surface area contributed by atoms with Gasteiger partial charge in [0, 0.05) is 47.6 Å². The average molecular weight is 486 g/mol. The van der Waals surface area contributed by atoms with Gasteiger partial charge in [-0.3, -0.25) is 24.2 Å². The first-order chi connectivity index (χ1) is 17.5. The number of rotatable bonds is 6. The zero-order valence-electron chi connectivity index (χ0n) is 20.9. The molecule has 36 heavy (non-hydrogen) atoms. The standard InChI is InChI=1S/C30H35N3O3/c34-28(18-33-14-13-32(19-33)17-20-9-10-22(15-20)21-5-1-2-6-21)31-23-11-12-26-27(16-23)30(36)25-8-4-3-7-24(25)29(26)35/h3-4,7-8,11-12,16,20-22H,1-2,5-6,9-10,13-15,17-19H2,(H,31,34)/t20-,22?/m0/s1. The van der Waals surface area contributed by atoms with Crippen LogP contribution in [0.1, 0.15) is 76.8 Å². The van der Waals surface area contributed by atoms with Crippen molar-refractivity contribution in [3.8, 4) is 0 Å². The molecule has 1 heterocycles.